The fourth-order valence-corrected chi connectivity index (χ4v) is 0.918. The molecule has 0 fully saturated rings. The molecule has 0 spiro atoms. The molecule has 0 aromatic carbocycles. The standard InChI is InChI=1S/C7H9N.C5H12/c1-6-4-3-5-8-7(6)2;1-3-5-4-2/h3-5H,1-2H3;3-5H2,1-2H3. The van der Waals surface area contributed by atoms with Gasteiger partial charge in [0.1, 0.15) is 0 Å². The van der Waals surface area contributed by atoms with E-state index in [0.717, 1.165) is 5.69 Å². The fourth-order valence-electron chi connectivity index (χ4n) is 0.918. The number of nitrogens with zero attached hydrogens (tertiary/aromatic N) is 1. The van der Waals surface area contributed by atoms with E-state index < -0.39 is 0 Å². The van der Waals surface area contributed by atoms with Crippen LogP contribution >= 0.6 is 0 Å². The average Bonchev–Trinajstić information content (AvgIpc) is 2.13. The molecule has 0 bridgehead atoms. The summed E-state index contributed by atoms with van der Waals surface area (Å²) in [6.07, 6.45) is 5.88. The number of unbranched alkanes of at least 4 members (excludes halogenated alkanes) is 2. The Morgan fingerprint density at radius 2 is 1.77 bits per heavy atom. The first-order chi connectivity index (χ1) is 6.22. The lowest BCUT2D eigenvalue weighted by molar-refractivity contribution is 0.772. The lowest BCUT2D eigenvalue weighted by atomic mass is 10.2. The molecule has 0 amide bonds. The molecule has 1 heteroatoms. The third-order valence-electron chi connectivity index (χ3n) is 1.98. The Morgan fingerprint density at radius 3 is 2.00 bits per heavy atom. The predicted molar refractivity (Wildman–Crippen MR) is 58.9 cm³/mol. The van der Waals surface area contributed by atoms with E-state index >= 15 is 0 Å². The Morgan fingerprint density at radius 1 is 1.15 bits per heavy atom. The van der Waals surface area contributed by atoms with Gasteiger partial charge in [0.2, 0.25) is 0 Å². The van der Waals surface area contributed by atoms with Crippen molar-refractivity contribution in [1.82, 2.24) is 4.98 Å². The maximum atomic E-state index is 4.08. The minimum atomic E-state index is 1.12. The molecule has 13 heavy (non-hydrogen) atoms. The van der Waals surface area contributed by atoms with Crippen LogP contribution in [-0.4, -0.2) is 4.98 Å². The molecule has 74 valence electrons. The van der Waals surface area contributed by atoms with Gasteiger partial charge in [-0.2, -0.15) is 0 Å². The van der Waals surface area contributed by atoms with E-state index in [9.17, 15) is 0 Å². The first-order valence-electron chi connectivity index (χ1n) is 5.10. The summed E-state index contributed by atoms with van der Waals surface area (Å²) >= 11 is 0. The summed E-state index contributed by atoms with van der Waals surface area (Å²) in [6.45, 7) is 8.49. The minimum absolute atomic E-state index is 1.12. The summed E-state index contributed by atoms with van der Waals surface area (Å²) in [4.78, 5) is 4.08. The van der Waals surface area contributed by atoms with Crippen LogP contribution < -0.4 is 0 Å². The molecule has 0 atom stereocenters. The minimum Gasteiger partial charge on any atom is -0.261 e. The number of aryl methyl sites for hydroxylation is 2. The van der Waals surface area contributed by atoms with Crippen molar-refractivity contribution in [3.63, 3.8) is 0 Å². The maximum Gasteiger partial charge on any atom is 0.0401 e. The summed E-state index contributed by atoms with van der Waals surface area (Å²) in [6, 6.07) is 4.00. The van der Waals surface area contributed by atoms with Crippen LogP contribution in [0.4, 0.5) is 0 Å². The van der Waals surface area contributed by atoms with E-state index in [-0.39, 0.29) is 0 Å². The molecule has 0 saturated carbocycles. The largest absolute Gasteiger partial charge is 0.261 e. The third kappa shape index (κ3) is 6.32. The van der Waals surface area contributed by atoms with Gasteiger partial charge in [-0.15, -0.1) is 0 Å². The Labute approximate surface area is 82.2 Å². The number of aromatic nitrogens is 1. The van der Waals surface area contributed by atoms with E-state index in [2.05, 4.69) is 31.8 Å². The van der Waals surface area contributed by atoms with Gasteiger partial charge in [0.25, 0.3) is 0 Å². The highest BCUT2D eigenvalue weighted by Crippen LogP contribution is 1.98. The smallest absolute Gasteiger partial charge is 0.0401 e. The summed E-state index contributed by atoms with van der Waals surface area (Å²) in [5, 5.41) is 0. The molecule has 0 radical (unpaired) electrons. The Kier molecular flexibility index (Phi) is 7.27. The molecule has 0 saturated heterocycles. The van der Waals surface area contributed by atoms with Gasteiger partial charge in [0.15, 0.2) is 0 Å². The normalized spacial score (nSPS) is 8.92. The average molecular weight is 179 g/mol. The van der Waals surface area contributed by atoms with Crippen LogP contribution in [0.3, 0.4) is 0 Å². The van der Waals surface area contributed by atoms with Crippen LogP contribution in [0.2, 0.25) is 0 Å². The summed E-state index contributed by atoms with van der Waals surface area (Å²) in [7, 11) is 0. The van der Waals surface area contributed by atoms with Crippen LogP contribution in [0.15, 0.2) is 18.3 Å². The van der Waals surface area contributed by atoms with Crippen LogP contribution in [0.1, 0.15) is 44.4 Å². The van der Waals surface area contributed by atoms with E-state index in [1.54, 1.807) is 0 Å². The molecule has 1 aromatic heterocycles. The van der Waals surface area contributed by atoms with Gasteiger partial charge in [0, 0.05) is 11.9 Å². The zero-order chi connectivity index (χ0) is 10.1. The number of rotatable bonds is 2. The monoisotopic (exact) mass is 179 g/mol. The van der Waals surface area contributed by atoms with Crippen molar-refractivity contribution in [2.45, 2.75) is 47.0 Å². The van der Waals surface area contributed by atoms with Crippen molar-refractivity contribution in [1.29, 1.82) is 0 Å². The molecule has 0 unspecified atom stereocenters. The fraction of sp³-hybridized carbons (Fsp3) is 0.583. The molecule has 1 heterocycles. The van der Waals surface area contributed by atoms with Crippen molar-refractivity contribution >= 4 is 0 Å². The topological polar surface area (TPSA) is 12.9 Å². The summed E-state index contributed by atoms with van der Waals surface area (Å²) < 4.78 is 0. The maximum absolute atomic E-state index is 4.08. The van der Waals surface area contributed by atoms with Crippen LogP contribution in [-0.2, 0) is 0 Å². The Balaban J connectivity index is 0.000000252. The third-order valence-corrected chi connectivity index (χ3v) is 1.98. The number of hydrogen-bond donors (Lipinski definition) is 0. The molecule has 1 aromatic rings. The number of pyridine rings is 1. The van der Waals surface area contributed by atoms with Crippen LogP contribution in [0.5, 0.6) is 0 Å². The van der Waals surface area contributed by atoms with Gasteiger partial charge >= 0.3 is 0 Å². The SMILES string of the molecule is CCCCC.Cc1cccnc1C. The molecule has 1 rings (SSSR count). The zero-order valence-electron chi connectivity index (χ0n) is 9.30. The van der Waals surface area contributed by atoms with Gasteiger partial charge in [-0.3, -0.25) is 4.98 Å². The highest BCUT2D eigenvalue weighted by atomic mass is 14.6. The van der Waals surface area contributed by atoms with Crippen molar-refractivity contribution in [2.75, 3.05) is 0 Å². The van der Waals surface area contributed by atoms with E-state index in [1.165, 1.54) is 24.8 Å². The highest BCUT2D eigenvalue weighted by Gasteiger charge is 1.85. The quantitative estimate of drug-likeness (QED) is 0.671. The molecular weight excluding hydrogens is 158 g/mol. The molecule has 0 aliphatic heterocycles. The van der Waals surface area contributed by atoms with Crippen LogP contribution in [0, 0.1) is 13.8 Å². The van der Waals surface area contributed by atoms with Gasteiger partial charge < -0.3 is 0 Å². The second kappa shape index (κ2) is 7.78. The lowest BCUT2D eigenvalue weighted by Gasteiger charge is -1.92. The summed E-state index contributed by atoms with van der Waals surface area (Å²) in [5.74, 6) is 0. The van der Waals surface area contributed by atoms with Gasteiger partial charge in [0.05, 0.1) is 0 Å². The first-order valence-corrected chi connectivity index (χ1v) is 5.10. The Bertz CT molecular complexity index is 195. The van der Waals surface area contributed by atoms with Gasteiger partial charge in [-0.25, -0.2) is 0 Å². The van der Waals surface area contributed by atoms with Crippen molar-refractivity contribution in [3.05, 3.63) is 29.6 Å². The molecule has 0 aliphatic carbocycles. The van der Waals surface area contributed by atoms with Crippen LogP contribution in [0.25, 0.3) is 0 Å². The van der Waals surface area contributed by atoms with E-state index in [4.69, 9.17) is 0 Å². The Hall–Kier alpha value is -0.850. The highest BCUT2D eigenvalue weighted by molar-refractivity contribution is 5.15. The molecule has 1 nitrogen and oxygen atoms in total. The molecular formula is C12H21N. The summed E-state index contributed by atoms with van der Waals surface area (Å²) in [5.41, 5.74) is 2.38. The van der Waals surface area contributed by atoms with Crippen molar-refractivity contribution in [3.8, 4) is 0 Å². The first kappa shape index (κ1) is 12.2. The second-order valence-corrected chi connectivity index (χ2v) is 3.26. The van der Waals surface area contributed by atoms with Crippen molar-refractivity contribution < 1.29 is 0 Å². The van der Waals surface area contributed by atoms with Gasteiger partial charge in [-0.05, 0) is 25.5 Å². The second-order valence-electron chi connectivity index (χ2n) is 3.26. The molecule has 0 N–H and O–H groups in total. The predicted octanol–water partition coefficient (Wildman–Crippen LogP) is 3.89. The zero-order valence-corrected chi connectivity index (χ0v) is 9.30. The van der Waals surface area contributed by atoms with E-state index in [0.29, 0.717) is 0 Å². The van der Waals surface area contributed by atoms with E-state index in [1.807, 2.05) is 19.2 Å². The van der Waals surface area contributed by atoms with Gasteiger partial charge in [-0.1, -0.05) is 39.2 Å². The molecule has 0 aliphatic rings. The lowest BCUT2D eigenvalue weighted by Crippen LogP contribution is -1.81. The van der Waals surface area contributed by atoms with Crippen molar-refractivity contribution in [2.24, 2.45) is 0 Å². The number of hydrogen-bond acceptors (Lipinski definition) is 1.